The quantitative estimate of drug-likeness (QED) is 0.752. The van der Waals surface area contributed by atoms with Crippen LogP contribution in [0.25, 0.3) is 0 Å². The predicted octanol–water partition coefficient (Wildman–Crippen LogP) is 2.13. The molecule has 0 spiro atoms. The van der Waals surface area contributed by atoms with Gasteiger partial charge in [-0.1, -0.05) is 19.3 Å². The molecule has 2 saturated carbocycles. The number of nitriles is 1. The largest absolute Gasteiger partial charge is 0.352 e. The van der Waals surface area contributed by atoms with Gasteiger partial charge in [-0.15, -0.1) is 0 Å². The minimum Gasteiger partial charge on any atom is -0.352 e. The normalized spacial score (nSPS) is 25.0. The van der Waals surface area contributed by atoms with Gasteiger partial charge in [0.15, 0.2) is 0 Å². The molecule has 1 N–H and O–H groups in total. The third-order valence-corrected chi connectivity index (χ3v) is 3.80. The van der Waals surface area contributed by atoms with E-state index in [0.29, 0.717) is 6.04 Å². The summed E-state index contributed by atoms with van der Waals surface area (Å²) in [5, 5.41) is 12.2. The first-order valence-corrected chi connectivity index (χ1v) is 5.99. The van der Waals surface area contributed by atoms with Crippen molar-refractivity contribution in [3.8, 4) is 6.07 Å². The second-order valence-corrected chi connectivity index (χ2v) is 4.86. The van der Waals surface area contributed by atoms with E-state index in [-0.39, 0.29) is 5.91 Å². The van der Waals surface area contributed by atoms with Crippen LogP contribution in [0.1, 0.15) is 51.4 Å². The lowest BCUT2D eigenvalue weighted by Gasteiger charge is -2.34. The van der Waals surface area contributed by atoms with Crippen LogP contribution in [0, 0.1) is 16.7 Å². The van der Waals surface area contributed by atoms with Gasteiger partial charge in [0, 0.05) is 6.04 Å². The van der Waals surface area contributed by atoms with Crippen molar-refractivity contribution in [1.29, 1.82) is 5.26 Å². The van der Waals surface area contributed by atoms with Crippen LogP contribution >= 0.6 is 0 Å². The Labute approximate surface area is 90.8 Å². The summed E-state index contributed by atoms with van der Waals surface area (Å²) in [6.07, 6.45) is 8.10. The maximum Gasteiger partial charge on any atom is 0.240 e. The molecule has 3 nitrogen and oxygen atoms in total. The van der Waals surface area contributed by atoms with E-state index in [1.54, 1.807) is 0 Å². The number of nitrogens with zero attached hydrogens (tertiary/aromatic N) is 1. The average molecular weight is 206 g/mol. The van der Waals surface area contributed by atoms with Crippen molar-refractivity contribution in [3.63, 3.8) is 0 Å². The third-order valence-electron chi connectivity index (χ3n) is 3.80. The Morgan fingerprint density at radius 3 is 2.33 bits per heavy atom. The van der Waals surface area contributed by atoms with Gasteiger partial charge in [-0.05, 0) is 32.1 Å². The molecule has 3 heteroatoms. The summed E-state index contributed by atoms with van der Waals surface area (Å²) >= 11 is 0. The Kier molecular flexibility index (Phi) is 2.95. The van der Waals surface area contributed by atoms with E-state index in [4.69, 9.17) is 0 Å². The predicted molar refractivity (Wildman–Crippen MR) is 56.9 cm³/mol. The van der Waals surface area contributed by atoms with Gasteiger partial charge in [-0.2, -0.15) is 5.26 Å². The van der Waals surface area contributed by atoms with Crippen molar-refractivity contribution in [2.24, 2.45) is 5.41 Å². The van der Waals surface area contributed by atoms with Gasteiger partial charge < -0.3 is 5.32 Å². The van der Waals surface area contributed by atoms with Gasteiger partial charge >= 0.3 is 0 Å². The molecule has 82 valence electrons. The van der Waals surface area contributed by atoms with E-state index < -0.39 is 5.41 Å². The fourth-order valence-corrected chi connectivity index (χ4v) is 2.42. The summed E-state index contributed by atoms with van der Waals surface area (Å²) < 4.78 is 0. The molecule has 0 aliphatic heterocycles. The number of carbonyl (C=O) groups is 1. The minimum atomic E-state index is -0.701. The lowest BCUT2D eigenvalue weighted by molar-refractivity contribution is -0.130. The van der Waals surface area contributed by atoms with Crippen LogP contribution < -0.4 is 5.32 Å². The zero-order valence-electron chi connectivity index (χ0n) is 9.09. The maximum atomic E-state index is 12.0. The standard InChI is InChI=1S/C12H18N2O/c13-9-12(7-2-1-3-8-12)11(15)14-10-5-4-6-10/h10H,1-8H2,(H,14,15). The Balaban J connectivity index is 1.97. The summed E-state index contributed by atoms with van der Waals surface area (Å²) in [7, 11) is 0. The highest BCUT2D eigenvalue weighted by Crippen LogP contribution is 2.36. The Hall–Kier alpha value is -1.04. The van der Waals surface area contributed by atoms with Crippen LogP contribution in [0.3, 0.4) is 0 Å². The topological polar surface area (TPSA) is 52.9 Å². The van der Waals surface area contributed by atoms with E-state index in [0.717, 1.165) is 38.5 Å². The lowest BCUT2D eigenvalue weighted by atomic mass is 9.74. The fraction of sp³-hybridized carbons (Fsp3) is 0.833. The molecule has 0 aromatic heterocycles. The van der Waals surface area contributed by atoms with Crippen molar-refractivity contribution in [1.82, 2.24) is 5.32 Å². The van der Waals surface area contributed by atoms with Crippen LogP contribution in [0.15, 0.2) is 0 Å². The maximum absolute atomic E-state index is 12.0. The summed E-state index contributed by atoms with van der Waals surface area (Å²) in [4.78, 5) is 12.0. The zero-order chi connectivity index (χ0) is 10.7. The van der Waals surface area contributed by atoms with Gasteiger partial charge in [0.05, 0.1) is 6.07 Å². The van der Waals surface area contributed by atoms with Crippen molar-refractivity contribution < 1.29 is 4.79 Å². The van der Waals surface area contributed by atoms with E-state index in [1.165, 1.54) is 12.8 Å². The minimum absolute atomic E-state index is 0.00519. The first kappa shape index (κ1) is 10.5. The highest BCUT2D eigenvalue weighted by molar-refractivity contribution is 5.85. The SMILES string of the molecule is N#CC1(C(=O)NC2CCC2)CCCCC1. The molecule has 2 rings (SSSR count). The number of nitrogens with one attached hydrogen (secondary N) is 1. The number of rotatable bonds is 2. The molecule has 2 aliphatic rings. The van der Waals surface area contributed by atoms with E-state index in [1.807, 2.05) is 0 Å². The first-order chi connectivity index (χ1) is 7.27. The molecule has 0 radical (unpaired) electrons. The molecule has 2 aliphatic carbocycles. The van der Waals surface area contributed by atoms with Crippen molar-refractivity contribution >= 4 is 5.91 Å². The summed E-state index contributed by atoms with van der Waals surface area (Å²) in [5.74, 6) is -0.00519. The smallest absolute Gasteiger partial charge is 0.240 e. The Morgan fingerprint density at radius 1 is 1.20 bits per heavy atom. The molecule has 0 atom stereocenters. The molecule has 0 unspecified atom stereocenters. The van der Waals surface area contributed by atoms with Gasteiger partial charge in [-0.25, -0.2) is 0 Å². The molecule has 15 heavy (non-hydrogen) atoms. The molecule has 0 heterocycles. The number of amides is 1. The van der Waals surface area contributed by atoms with Gasteiger partial charge in [-0.3, -0.25) is 4.79 Å². The Morgan fingerprint density at radius 2 is 1.87 bits per heavy atom. The van der Waals surface area contributed by atoms with Gasteiger partial charge in [0.25, 0.3) is 0 Å². The highest BCUT2D eigenvalue weighted by atomic mass is 16.2. The second-order valence-electron chi connectivity index (χ2n) is 4.86. The van der Waals surface area contributed by atoms with Crippen LogP contribution in [-0.4, -0.2) is 11.9 Å². The molecule has 0 bridgehead atoms. The van der Waals surface area contributed by atoms with E-state index in [9.17, 15) is 10.1 Å². The van der Waals surface area contributed by atoms with E-state index >= 15 is 0 Å². The van der Waals surface area contributed by atoms with Crippen molar-refractivity contribution in [2.75, 3.05) is 0 Å². The molecule has 0 aromatic rings. The van der Waals surface area contributed by atoms with Gasteiger partial charge in [0.2, 0.25) is 5.91 Å². The molecule has 1 amide bonds. The third kappa shape index (κ3) is 1.99. The Bertz CT molecular complexity index is 282. The van der Waals surface area contributed by atoms with Crippen molar-refractivity contribution in [3.05, 3.63) is 0 Å². The lowest BCUT2D eigenvalue weighted by Crippen LogP contribution is -2.48. The van der Waals surface area contributed by atoms with Crippen LogP contribution in [-0.2, 0) is 4.79 Å². The molecule has 0 aromatic carbocycles. The highest BCUT2D eigenvalue weighted by Gasteiger charge is 2.40. The average Bonchev–Trinajstić information content (AvgIpc) is 2.24. The van der Waals surface area contributed by atoms with Crippen molar-refractivity contribution in [2.45, 2.75) is 57.4 Å². The monoisotopic (exact) mass is 206 g/mol. The number of hydrogen-bond acceptors (Lipinski definition) is 2. The van der Waals surface area contributed by atoms with Gasteiger partial charge in [0.1, 0.15) is 5.41 Å². The molecular formula is C12H18N2O. The fourth-order valence-electron chi connectivity index (χ4n) is 2.42. The van der Waals surface area contributed by atoms with Crippen LogP contribution in [0.2, 0.25) is 0 Å². The van der Waals surface area contributed by atoms with Crippen LogP contribution in [0.5, 0.6) is 0 Å². The summed E-state index contributed by atoms with van der Waals surface area (Å²) in [6, 6.07) is 2.61. The summed E-state index contributed by atoms with van der Waals surface area (Å²) in [6.45, 7) is 0. The molecule has 0 saturated heterocycles. The second kappa shape index (κ2) is 4.22. The number of carbonyl (C=O) groups excluding carboxylic acids is 1. The molecular weight excluding hydrogens is 188 g/mol. The first-order valence-electron chi connectivity index (χ1n) is 5.99. The number of hydrogen-bond donors (Lipinski definition) is 1. The zero-order valence-corrected chi connectivity index (χ0v) is 9.09. The summed E-state index contributed by atoms with van der Waals surface area (Å²) in [5.41, 5.74) is -0.701. The molecule has 2 fully saturated rings. The van der Waals surface area contributed by atoms with Crippen LogP contribution in [0.4, 0.5) is 0 Å². The van der Waals surface area contributed by atoms with E-state index in [2.05, 4.69) is 11.4 Å².